The summed E-state index contributed by atoms with van der Waals surface area (Å²) in [6, 6.07) is 8.86. The number of carbonyl (C=O) groups excluding carboxylic acids is 3. The Balaban J connectivity index is 1.29. The Morgan fingerprint density at radius 2 is 1.59 bits per heavy atom. The summed E-state index contributed by atoms with van der Waals surface area (Å²) in [5.41, 5.74) is 1.50. The maximum absolute atomic E-state index is 12.8. The smallest absolute Gasteiger partial charge is 0.318 e. The quantitative estimate of drug-likeness (QED) is 0.825. The van der Waals surface area contributed by atoms with Crippen molar-refractivity contribution < 1.29 is 14.4 Å². The molecule has 2 aliphatic heterocycles. The number of piperazine rings is 1. The van der Waals surface area contributed by atoms with E-state index < -0.39 is 6.04 Å². The predicted molar refractivity (Wildman–Crippen MR) is 110 cm³/mol. The van der Waals surface area contributed by atoms with Crippen molar-refractivity contribution in [3.63, 3.8) is 0 Å². The maximum Gasteiger partial charge on any atom is 0.318 e. The van der Waals surface area contributed by atoms with Crippen molar-refractivity contribution in [3.05, 3.63) is 36.0 Å². The first kappa shape index (κ1) is 19.3. The molecule has 0 bridgehead atoms. The lowest BCUT2D eigenvalue weighted by Crippen LogP contribution is -2.56. The summed E-state index contributed by atoms with van der Waals surface area (Å²) in [5.74, 6) is -0.0812. The predicted octanol–water partition coefficient (Wildman–Crippen LogP) is 1.65. The Labute approximate surface area is 169 Å². The molecule has 4 rings (SSSR count). The van der Waals surface area contributed by atoms with Gasteiger partial charge >= 0.3 is 6.03 Å². The molecule has 8 nitrogen and oxygen atoms in total. The number of urea groups is 1. The molecule has 2 N–H and O–H groups in total. The Hall–Kier alpha value is -3.03. The third-order valence-electron chi connectivity index (χ3n) is 5.74. The molecule has 4 amide bonds. The number of fused-ring (bicyclic) bond motifs is 1. The number of nitrogens with one attached hydrogen (secondary N) is 2. The van der Waals surface area contributed by atoms with Crippen LogP contribution in [0.25, 0.3) is 10.9 Å². The van der Waals surface area contributed by atoms with E-state index in [4.69, 9.17) is 0 Å². The largest absolute Gasteiger partial charge is 0.351 e. The van der Waals surface area contributed by atoms with Gasteiger partial charge in [-0.15, -0.1) is 0 Å². The number of likely N-dealkylation sites (tertiary alicyclic amines) is 1. The molecular weight excluding hydrogens is 370 g/mol. The zero-order valence-electron chi connectivity index (χ0n) is 16.7. The minimum atomic E-state index is -0.536. The Morgan fingerprint density at radius 1 is 0.931 bits per heavy atom. The van der Waals surface area contributed by atoms with E-state index in [1.165, 1.54) is 0 Å². The highest BCUT2D eigenvalue weighted by Gasteiger charge is 2.29. The zero-order chi connectivity index (χ0) is 20.4. The molecular formula is C21H27N5O3. The summed E-state index contributed by atoms with van der Waals surface area (Å²) in [6.07, 6.45) is 2.05. The number of hydrogen-bond acceptors (Lipinski definition) is 3. The topological polar surface area (TPSA) is 88.7 Å². The van der Waals surface area contributed by atoms with E-state index in [2.05, 4.69) is 10.3 Å². The lowest BCUT2D eigenvalue weighted by Gasteiger charge is -2.35. The number of aromatic nitrogens is 1. The lowest BCUT2D eigenvalue weighted by atomic mass is 10.2. The van der Waals surface area contributed by atoms with Crippen LogP contribution in [-0.4, -0.2) is 82.8 Å². The zero-order valence-corrected chi connectivity index (χ0v) is 16.7. The van der Waals surface area contributed by atoms with E-state index in [0.29, 0.717) is 31.9 Å². The van der Waals surface area contributed by atoms with E-state index in [9.17, 15) is 14.4 Å². The average Bonchev–Trinajstić information content (AvgIpc) is 3.42. The molecule has 0 aliphatic carbocycles. The summed E-state index contributed by atoms with van der Waals surface area (Å²) < 4.78 is 0. The van der Waals surface area contributed by atoms with Gasteiger partial charge in [0.1, 0.15) is 11.7 Å². The van der Waals surface area contributed by atoms with E-state index >= 15 is 0 Å². The number of H-pyrrole nitrogens is 1. The van der Waals surface area contributed by atoms with Crippen LogP contribution in [0.1, 0.15) is 30.3 Å². The fourth-order valence-electron chi connectivity index (χ4n) is 4.02. The van der Waals surface area contributed by atoms with Crippen molar-refractivity contribution in [3.8, 4) is 0 Å². The second-order valence-electron chi connectivity index (χ2n) is 7.75. The standard InChI is InChI=1S/C21H27N5O3/c1-15(19(27)24-8-4-5-9-24)22-21(29)26-12-10-25(11-13-26)20(28)18-14-16-6-2-3-7-17(16)23-18/h2-3,6-7,14-15,23H,4-5,8-13H2,1H3,(H,22,29). The van der Waals surface area contributed by atoms with E-state index in [1.807, 2.05) is 35.2 Å². The van der Waals surface area contributed by atoms with Gasteiger partial charge in [-0.3, -0.25) is 9.59 Å². The van der Waals surface area contributed by atoms with Gasteiger partial charge in [0.15, 0.2) is 0 Å². The van der Waals surface area contributed by atoms with Crippen molar-refractivity contribution in [2.75, 3.05) is 39.3 Å². The lowest BCUT2D eigenvalue weighted by molar-refractivity contribution is -0.131. The Bertz CT molecular complexity index is 877. The van der Waals surface area contributed by atoms with E-state index in [0.717, 1.165) is 36.8 Å². The van der Waals surface area contributed by atoms with Crippen molar-refractivity contribution in [1.29, 1.82) is 0 Å². The van der Waals surface area contributed by atoms with Crippen LogP contribution in [-0.2, 0) is 4.79 Å². The minimum absolute atomic E-state index is 0.0246. The van der Waals surface area contributed by atoms with Gasteiger partial charge in [-0.25, -0.2) is 4.79 Å². The number of aromatic amines is 1. The highest BCUT2D eigenvalue weighted by atomic mass is 16.2. The molecule has 1 atom stereocenters. The third kappa shape index (κ3) is 4.06. The monoisotopic (exact) mass is 397 g/mol. The molecule has 2 aromatic rings. The van der Waals surface area contributed by atoms with Crippen LogP contribution in [0.3, 0.4) is 0 Å². The second-order valence-corrected chi connectivity index (χ2v) is 7.75. The molecule has 8 heteroatoms. The number of nitrogens with zero attached hydrogens (tertiary/aromatic N) is 3. The molecule has 29 heavy (non-hydrogen) atoms. The van der Waals surface area contributed by atoms with Gasteiger partial charge < -0.3 is 25.0 Å². The van der Waals surface area contributed by atoms with Crippen LogP contribution >= 0.6 is 0 Å². The van der Waals surface area contributed by atoms with Gasteiger partial charge in [0.25, 0.3) is 5.91 Å². The Morgan fingerprint density at radius 3 is 2.28 bits per heavy atom. The second kappa shape index (κ2) is 8.14. The van der Waals surface area contributed by atoms with E-state index in [-0.39, 0.29) is 17.8 Å². The summed E-state index contributed by atoms with van der Waals surface area (Å²) in [5, 5.41) is 3.81. The van der Waals surface area contributed by atoms with Crippen molar-refractivity contribution in [2.24, 2.45) is 0 Å². The molecule has 2 fully saturated rings. The first-order chi connectivity index (χ1) is 14.0. The highest BCUT2D eigenvalue weighted by Crippen LogP contribution is 2.17. The molecule has 2 saturated heterocycles. The molecule has 1 unspecified atom stereocenters. The fraction of sp³-hybridized carbons (Fsp3) is 0.476. The van der Waals surface area contributed by atoms with Crippen LogP contribution in [0.2, 0.25) is 0 Å². The highest BCUT2D eigenvalue weighted by molar-refractivity contribution is 5.98. The number of carbonyl (C=O) groups is 3. The summed E-state index contributed by atoms with van der Waals surface area (Å²) in [4.78, 5) is 46.1. The van der Waals surface area contributed by atoms with Crippen LogP contribution in [0, 0.1) is 0 Å². The molecule has 0 saturated carbocycles. The summed E-state index contributed by atoms with van der Waals surface area (Å²) in [6.45, 7) is 5.10. The van der Waals surface area contributed by atoms with Gasteiger partial charge in [0, 0.05) is 50.2 Å². The molecule has 1 aromatic heterocycles. The van der Waals surface area contributed by atoms with Crippen molar-refractivity contribution in [1.82, 2.24) is 25.0 Å². The number of amides is 4. The van der Waals surface area contributed by atoms with Gasteiger partial charge in [-0.2, -0.15) is 0 Å². The summed E-state index contributed by atoms with van der Waals surface area (Å²) in [7, 11) is 0. The molecule has 1 aromatic carbocycles. The minimum Gasteiger partial charge on any atom is -0.351 e. The van der Waals surface area contributed by atoms with Crippen LogP contribution in [0.15, 0.2) is 30.3 Å². The first-order valence-corrected chi connectivity index (χ1v) is 10.2. The normalized spacial score (nSPS) is 18.2. The van der Waals surface area contributed by atoms with Crippen LogP contribution in [0.4, 0.5) is 4.79 Å². The summed E-state index contributed by atoms with van der Waals surface area (Å²) >= 11 is 0. The molecule has 2 aliphatic rings. The first-order valence-electron chi connectivity index (χ1n) is 10.2. The SMILES string of the molecule is CC(NC(=O)N1CCN(C(=O)c2cc3ccccc3[nH]2)CC1)C(=O)N1CCCC1. The van der Waals surface area contributed by atoms with E-state index in [1.54, 1.807) is 16.7 Å². The molecule has 0 radical (unpaired) electrons. The van der Waals surface area contributed by atoms with Crippen LogP contribution in [0.5, 0.6) is 0 Å². The molecule has 0 spiro atoms. The van der Waals surface area contributed by atoms with Gasteiger partial charge in [0.2, 0.25) is 5.91 Å². The van der Waals surface area contributed by atoms with Gasteiger partial charge in [-0.1, -0.05) is 18.2 Å². The number of hydrogen-bond donors (Lipinski definition) is 2. The van der Waals surface area contributed by atoms with Gasteiger partial charge in [-0.05, 0) is 31.9 Å². The number of rotatable bonds is 3. The van der Waals surface area contributed by atoms with Crippen molar-refractivity contribution >= 4 is 28.7 Å². The van der Waals surface area contributed by atoms with Crippen molar-refractivity contribution in [2.45, 2.75) is 25.8 Å². The molecule has 3 heterocycles. The van der Waals surface area contributed by atoms with Gasteiger partial charge in [0.05, 0.1) is 0 Å². The Kier molecular flexibility index (Phi) is 5.42. The maximum atomic E-state index is 12.8. The number of benzene rings is 1. The number of para-hydroxylation sites is 1. The average molecular weight is 397 g/mol. The molecule has 154 valence electrons. The third-order valence-corrected chi connectivity index (χ3v) is 5.74. The fourth-order valence-corrected chi connectivity index (χ4v) is 4.02. The van der Waals surface area contributed by atoms with Crippen LogP contribution < -0.4 is 5.32 Å².